The van der Waals surface area contributed by atoms with E-state index in [2.05, 4.69) is 5.32 Å². The van der Waals surface area contributed by atoms with E-state index in [0.29, 0.717) is 37.3 Å². The number of esters is 1. The van der Waals surface area contributed by atoms with E-state index in [9.17, 15) is 14.4 Å². The summed E-state index contributed by atoms with van der Waals surface area (Å²) in [6, 6.07) is 13.1. The number of methoxy groups -OCH3 is 2. The van der Waals surface area contributed by atoms with Crippen molar-refractivity contribution in [2.75, 3.05) is 20.8 Å². The Morgan fingerprint density at radius 1 is 1.08 bits per heavy atom. The zero-order valence-corrected chi connectivity index (χ0v) is 23.2. The highest BCUT2D eigenvalue weighted by molar-refractivity contribution is 5.94. The van der Waals surface area contributed by atoms with Crippen molar-refractivity contribution >= 4 is 30.2 Å². The van der Waals surface area contributed by atoms with Gasteiger partial charge < -0.3 is 30.2 Å². The molecule has 0 bridgehead atoms. The summed E-state index contributed by atoms with van der Waals surface area (Å²) in [4.78, 5) is 41.2. The Labute approximate surface area is 230 Å². The van der Waals surface area contributed by atoms with Crippen LogP contribution in [-0.2, 0) is 32.1 Å². The minimum absolute atomic E-state index is 0. The molecule has 0 radical (unpaired) electrons. The smallest absolute Gasteiger partial charge is 0.329 e. The number of halogens is 1. The van der Waals surface area contributed by atoms with Crippen LogP contribution in [0.1, 0.15) is 44.2 Å². The standard InChI is InChI=1S/C28H37N3O6.ClH/c1-5-28(2,29)27(34)30-21(16-20-13-14-23(35-3)24(17-20)36-4)25(32)31-15-9-12-22(31)26(33)37-18-19-10-7-6-8-11-19;/h6-8,10-11,13-14,17,21-22H,5,9,12,15-16,18,29H2,1-4H3,(H,30,34);1H/t21?,22-,28+;/m1./s1. The van der Waals surface area contributed by atoms with E-state index in [0.717, 1.165) is 11.1 Å². The van der Waals surface area contributed by atoms with Crippen LogP contribution < -0.4 is 20.5 Å². The van der Waals surface area contributed by atoms with Crippen LogP contribution in [0.5, 0.6) is 11.5 Å². The molecule has 208 valence electrons. The van der Waals surface area contributed by atoms with E-state index >= 15 is 0 Å². The van der Waals surface area contributed by atoms with Crippen molar-refractivity contribution in [1.29, 1.82) is 0 Å². The van der Waals surface area contributed by atoms with Gasteiger partial charge in [0.25, 0.3) is 0 Å². The van der Waals surface area contributed by atoms with E-state index in [1.165, 1.54) is 12.0 Å². The number of amides is 2. The zero-order valence-electron chi connectivity index (χ0n) is 22.4. The summed E-state index contributed by atoms with van der Waals surface area (Å²) < 4.78 is 16.2. The van der Waals surface area contributed by atoms with Gasteiger partial charge in [0, 0.05) is 13.0 Å². The van der Waals surface area contributed by atoms with Gasteiger partial charge in [0.05, 0.1) is 19.8 Å². The normalized spacial score (nSPS) is 17.0. The summed E-state index contributed by atoms with van der Waals surface area (Å²) in [6.45, 7) is 3.96. The quantitative estimate of drug-likeness (QED) is 0.415. The number of hydrogen-bond donors (Lipinski definition) is 2. The minimum Gasteiger partial charge on any atom is -0.493 e. The number of hydrogen-bond acceptors (Lipinski definition) is 7. The number of carbonyl (C=O) groups excluding carboxylic acids is 3. The first-order valence-corrected chi connectivity index (χ1v) is 12.5. The van der Waals surface area contributed by atoms with Crippen LogP contribution in [0.15, 0.2) is 48.5 Å². The molecule has 38 heavy (non-hydrogen) atoms. The van der Waals surface area contributed by atoms with Crippen molar-refractivity contribution in [1.82, 2.24) is 10.2 Å². The number of ether oxygens (including phenoxy) is 3. The molecule has 0 aromatic heterocycles. The summed E-state index contributed by atoms with van der Waals surface area (Å²) in [5, 5.41) is 2.84. The highest BCUT2D eigenvalue weighted by atomic mass is 35.5. The van der Waals surface area contributed by atoms with Gasteiger partial charge in [0.1, 0.15) is 18.7 Å². The van der Waals surface area contributed by atoms with Gasteiger partial charge >= 0.3 is 5.97 Å². The summed E-state index contributed by atoms with van der Waals surface area (Å²) in [6.07, 6.45) is 1.75. The first kappa shape index (κ1) is 30.9. The van der Waals surface area contributed by atoms with E-state index in [-0.39, 0.29) is 31.3 Å². The Hall–Kier alpha value is -3.30. The third-order valence-corrected chi connectivity index (χ3v) is 6.78. The molecule has 3 N–H and O–H groups in total. The number of carbonyl (C=O) groups is 3. The van der Waals surface area contributed by atoms with Crippen LogP contribution in [0.4, 0.5) is 0 Å². The molecular weight excluding hydrogens is 510 g/mol. The third kappa shape index (κ3) is 7.61. The number of nitrogens with zero attached hydrogens (tertiary/aromatic N) is 1. The van der Waals surface area contributed by atoms with Crippen LogP contribution in [0, 0.1) is 0 Å². The minimum atomic E-state index is -1.14. The molecule has 0 saturated carbocycles. The van der Waals surface area contributed by atoms with Crippen molar-refractivity contribution < 1.29 is 28.6 Å². The van der Waals surface area contributed by atoms with Crippen LogP contribution in [-0.4, -0.2) is 61.1 Å². The van der Waals surface area contributed by atoms with Crippen molar-refractivity contribution in [3.05, 3.63) is 59.7 Å². The van der Waals surface area contributed by atoms with Gasteiger partial charge in [-0.15, -0.1) is 12.4 Å². The molecule has 9 nitrogen and oxygen atoms in total. The lowest BCUT2D eigenvalue weighted by molar-refractivity contribution is -0.155. The fourth-order valence-electron chi connectivity index (χ4n) is 4.23. The number of nitrogens with two attached hydrogens (primary N) is 1. The Balaban J connectivity index is 0.00000507. The highest BCUT2D eigenvalue weighted by Crippen LogP contribution is 2.29. The lowest BCUT2D eigenvalue weighted by Gasteiger charge is -2.31. The maximum absolute atomic E-state index is 13.8. The molecule has 2 aromatic carbocycles. The largest absolute Gasteiger partial charge is 0.493 e. The van der Waals surface area contributed by atoms with Crippen molar-refractivity contribution in [2.45, 2.75) is 63.8 Å². The fourth-order valence-corrected chi connectivity index (χ4v) is 4.23. The monoisotopic (exact) mass is 547 g/mol. The topological polar surface area (TPSA) is 120 Å². The average Bonchev–Trinajstić information content (AvgIpc) is 3.41. The second kappa shape index (κ2) is 14.0. The summed E-state index contributed by atoms with van der Waals surface area (Å²) in [5.74, 6) is -0.175. The van der Waals surface area contributed by atoms with Gasteiger partial charge in [-0.1, -0.05) is 43.3 Å². The number of likely N-dealkylation sites (tertiary alicyclic amines) is 1. The molecule has 2 aromatic rings. The molecule has 1 saturated heterocycles. The molecule has 3 atom stereocenters. The summed E-state index contributed by atoms with van der Waals surface area (Å²) in [5.41, 5.74) is 6.64. The molecule has 1 unspecified atom stereocenters. The Kier molecular flexibility index (Phi) is 11.4. The van der Waals surface area contributed by atoms with Crippen molar-refractivity contribution in [3.63, 3.8) is 0 Å². The van der Waals surface area contributed by atoms with Crippen molar-refractivity contribution in [3.8, 4) is 11.5 Å². The Bertz CT molecular complexity index is 1100. The SMILES string of the molecule is CC[C@](C)(N)C(=O)NC(Cc1ccc(OC)c(OC)c1)C(=O)N1CCC[C@@H]1C(=O)OCc1ccccc1.Cl. The summed E-state index contributed by atoms with van der Waals surface area (Å²) >= 11 is 0. The first-order valence-electron chi connectivity index (χ1n) is 12.5. The number of nitrogens with one attached hydrogen (secondary N) is 1. The van der Waals surface area contributed by atoms with Crippen LogP contribution >= 0.6 is 12.4 Å². The molecular formula is C28H38ClN3O6. The highest BCUT2D eigenvalue weighted by Gasteiger charge is 2.40. The maximum atomic E-state index is 13.8. The van der Waals surface area contributed by atoms with Crippen LogP contribution in [0.25, 0.3) is 0 Å². The number of benzene rings is 2. The van der Waals surface area contributed by atoms with Crippen LogP contribution in [0.3, 0.4) is 0 Å². The maximum Gasteiger partial charge on any atom is 0.329 e. The molecule has 10 heteroatoms. The molecule has 2 amide bonds. The van der Waals surface area contributed by atoms with Gasteiger partial charge in [0.2, 0.25) is 11.8 Å². The van der Waals surface area contributed by atoms with E-state index in [1.54, 1.807) is 26.2 Å². The second-order valence-electron chi connectivity index (χ2n) is 9.47. The van der Waals surface area contributed by atoms with Crippen molar-refractivity contribution in [2.24, 2.45) is 5.73 Å². The average molecular weight is 548 g/mol. The van der Waals surface area contributed by atoms with E-state index in [1.807, 2.05) is 43.3 Å². The van der Waals surface area contributed by atoms with Gasteiger partial charge in [-0.2, -0.15) is 0 Å². The number of rotatable bonds is 11. The van der Waals surface area contributed by atoms with E-state index in [4.69, 9.17) is 19.9 Å². The predicted molar refractivity (Wildman–Crippen MR) is 146 cm³/mol. The molecule has 1 fully saturated rings. The van der Waals surface area contributed by atoms with Gasteiger partial charge in [-0.05, 0) is 49.4 Å². The fraction of sp³-hybridized carbons (Fsp3) is 0.464. The molecule has 1 aliphatic rings. The Morgan fingerprint density at radius 2 is 1.76 bits per heavy atom. The second-order valence-corrected chi connectivity index (χ2v) is 9.47. The molecule has 3 rings (SSSR count). The zero-order chi connectivity index (χ0) is 27.0. The molecule has 0 aliphatic carbocycles. The molecule has 0 spiro atoms. The van der Waals surface area contributed by atoms with Gasteiger partial charge in [0.15, 0.2) is 11.5 Å². The molecule has 1 heterocycles. The molecule has 1 aliphatic heterocycles. The first-order chi connectivity index (χ1) is 17.7. The van der Waals surface area contributed by atoms with Gasteiger partial charge in [-0.25, -0.2) is 4.79 Å². The lowest BCUT2D eigenvalue weighted by Crippen LogP contribution is -2.59. The third-order valence-electron chi connectivity index (χ3n) is 6.78. The van der Waals surface area contributed by atoms with Crippen LogP contribution in [0.2, 0.25) is 0 Å². The summed E-state index contributed by atoms with van der Waals surface area (Å²) in [7, 11) is 3.07. The Morgan fingerprint density at radius 3 is 2.39 bits per heavy atom. The lowest BCUT2D eigenvalue weighted by atomic mass is 9.97. The van der Waals surface area contributed by atoms with E-state index < -0.39 is 29.5 Å². The van der Waals surface area contributed by atoms with Gasteiger partial charge in [-0.3, -0.25) is 9.59 Å². The predicted octanol–water partition coefficient (Wildman–Crippen LogP) is 3.01.